The van der Waals surface area contributed by atoms with Gasteiger partial charge in [-0.15, -0.1) is 11.8 Å². The first-order chi connectivity index (χ1) is 13.1. The Balaban J connectivity index is 1.55. The molecule has 1 amide bonds. The molecule has 3 aromatic rings. The Kier molecular flexibility index (Phi) is 4.99. The maximum Gasteiger partial charge on any atom is 0.261 e. The average molecular weight is 379 g/mol. The van der Waals surface area contributed by atoms with Crippen LogP contribution >= 0.6 is 11.8 Å². The molecule has 0 unspecified atom stereocenters. The number of rotatable bonds is 3. The van der Waals surface area contributed by atoms with Gasteiger partial charge in [0.2, 0.25) is 5.91 Å². The summed E-state index contributed by atoms with van der Waals surface area (Å²) in [5, 5.41) is 1.05. The molecule has 0 saturated carbocycles. The highest BCUT2D eigenvalue weighted by Crippen LogP contribution is 2.37. The van der Waals surface area contributed by atoms with E-state index in [0.29, 0.717) is 29.2 Å². The molecule has 6 heteroatoms. The summed E-state index contributed by atoms with van der Waals surface area (Å²) in [4.78, 5) is 32.9. The van der Waals surface area contributed by atoms with Crippen molar-refractivity contribution in [3.05, 3.63) is 65.2 Å². The summed E-state index contributed by atoms with van der Waals surface area (Å²) in [6.45, 7) is 3.22. The van der Waals surface area contributed by atoms with Gasteiger partial charge in [0.1, 0.15) is 0 Å². The Bertz CT molecular complexity index is 1050. The number of anilines is 1. The summed E-state index contributed by atoms with van der Waals surface area (Å²) in [5.74, 6) is 0.0391. The van der Waals surface area contributed by atoms with Gasteiger partial charge in [0.15, 0.2) is 0 Å². The highest BCUT2D eigenvalue weighted by atomic mass is 32.2. The lowest BCUT2D eigenvalue weighted by Crippen LogP contribution is -2.33. The lowest BCUT2D eigenvalue weighted by molar-refractivity contribution is -0.118. The van der Waals surface area contributed by atoms with Gasteiger partial charge >= 0.3 is 0 Å². The average Bonchev–Trinajstić information content (AvgIpc) is 2.85. The van der Waals surface area contributed by atoms with Crippen molar-refractivity contribution in [2.24, 2.45) is 0 Å². The second-order valence-corrected chi connectivity index (χ2v) is 8.22. The summed E-state index contributed by atoms with van der Waals surface area (Å²) in [6.07, 6.45) is 2.75. The molecule has 0 aliphatic carbocycles. The van der Waals surface area contributed by atoms with Crippen molar-refractivity contribution in [3.63, 3.8) is 0 Å². The van der Waals surface area contributed by atoms with E-state index in [9.17, 15) is 9.59 Å². The number of carbonyl (C=O) groups excluding carboxylic acids is 1. The Morgan fingerprint density at radius 3 is 2.85 bits per heavy atom. The normalized spacial score (nSPS) is 16.8. The van der Waals surface area contributed by atoms with E-state index >= 15 is 0 Å². The molecule has 0 radical (unpaired) electrons. The van der Waals surface area contributed by atoms with Crippen molar-refractivity contribution in [1.82, 2.24) is 9.55 Å². The van der Waals surface area contributed by atoms with Gasteiger partial charge in [0.25, 0.3) is 5.56 Å². The van der Waals surface area contributed by atoms with Crippen LogP contribution in [0.25, 0.3) is 10.9 Å². The maximum atomic E-state index is 12.9. The van der Waals surface area contributed by atoms with Crippen molar-refractivity contribution in [2.45, 2.75) is 36.5 Å². The number of para-hydroxylation sites is 2. The van der Waals surface area contributed by atoms with Crippen LogP contribution in [0.1, 0.15) is 19.8 Å². The van der Waals surface area contributed by atoms with Gasteiger partial charge in [-0.2, -0.15) is 0 Å². The van der Waals surface area contributed by atoms with Crippen LogP contribution in [0.15, 0.2) is 64.5 Å². The summed E-state index contributed by atoms with van der Waals surface area (Å²) >= 11 is 1.81. The highest BCUT2D eigenvalue weighted by Gasteiger charge is 2.23. The van der Waals surface area contributed by atoms with E-state index in [2.05, 4.69) is 18.0 Å². The molecular formula is C21H21N3O2S. The predicted molar refractivity (Wildman–Crippen MR) is 109 cm³/mol. The van der Waals surface area contributed by atoms with Gasteiger partial charge in [-0.25, -0.2) is 4.98 Å². The lowest BCUT2D eigenvalue weighted by Gasteiger charge is -2.22. The Labute approximate surface area is 162 Å². The van der Waals surface area contributed by atoms with Crippen LogP contribution in [-0.2, 0) is 11.3 Å². The van der Waals surface area contributed by atoms with E-state index in [4.69, 9.17) is 0 Å². The molecule has 27 heavy (non-hydrogen) atoms. The minimum Gasteiger partial charge on any atom is -0.311 e. The first kappa shape index (κ1) is 17.8. The molecule has 2 heterocycles. The molecule has 0 bridgehead atoms. The van der Waals surface area contributed by atoms with Crippen molar-refractivity contribution in [1.29, 1.82) is 0 Å². The SMILES string of the molecule is C[C@@H]1CCN(C(=O)CCn2cnc3ccccc3c2=O)c2ccccc2S1. The largest absolute Gasteiger partial charge is 0.311 e. The fourth-order valence-electron chi connectivity index (χ4n) is 3.36. The molecule has 1 aliphatic rings. The van der Waals surface area contributed by atoms with Crippen LogP contribution in [0.3, 0.4) is 0 Å². The van der Waals surface area contributed by atoms with Crippen LogP contribution < -0.4 is 10.5 Å². The molecule has 5 nitrogen and oxygen atoms in total. The molecule has 138 valence electrons. The summed E-state index contributed by atoms with van der Waals surface area (Å²) in [7, 11) is 0. The van der Waals surface area contributed by atoms with Crippen LogP contribution in [0, 0.1) is 0 Å². The predicted octanol–water partition coefficient (Wildman–Crippen LogP) is 3.70. The number of carbonyl (C=O) groups is 1. The highest BCUT2D eigenvalue weighted by molar-refractivity contribution is 8.00. The van der Waals surface area contributed by atoms with Crippen molar-refractivity contribution >= 4 is 34.3 Å². The van der Waals surface area contributed by atoms with Gasteiger partial charge in [-0.05, 0) is 30.7 Å². The van der Waals surface area contributed by atoms with Gasteiger partial charge in [0, 0.05) is 29.7 Å². The van der Waals surface area contributed by atoms with Crippen LogP contribution in [0.4, 0.5) is 5.69 Å². The summed E-state index contributed by atoms with van der Waals surface area (Å²) in [6, 6.07) is 15.3. The number of amides is 1. The molecule has 4 rings (SSSR count). The fourth-order valence-corrected chi connectivity index (χ4v) is 4.48. The molecular weight excluding hydrogens is 358 g/mol. The molecule has 0 N–H and O–H groups in total. The molecule has 0 fully saturated rings. The van der Waals surface area contributed by atoms with Gasteiger partial charge in [0.05, 0.1) is 22.9 Å². The first-order valence-electron chi connectivity index (χ1n) is 9.14. The van der Waals surface area contributed by atoms with Crippen LogP contribution in [0.5, 0.6) is 0 Å². The zero-order valence-corrected chi connectivity index (χ0v) is 16.0. The molecule has 1 aliphatic heterocycles. The monoisotopic (exact) mass is 379 g/mol. The third-order valence-corrected chi connectivity index (χ3v) is 6.08. The van der Waals surface area contributed by atoms with E-state index in [0.717, 1.165) is 17.0 Å². The van der Waals surface area contributed by atoms with E-state index in [-0.39, 0.29) is 17.9 Å². The van der Waals surface area contributed by atoms with Crippen LogP contribution in [-0.4, -0.2) is 27.3 Å². The smallest absolute Gasteiger partial charge is 0.261 e. The van der Waals surface area contributed by atoms with Gasteiger partial charge < -0.3 is 4.90 Å². The number of aryl methyl sites for hydroxylation is 1. The molecule has 1 atom stereocenters. The topological polar surface area (TPSA) is 55.2 Å². The van der Waals surface area contributed by atoms with Gasteiger partial charge in [-0.1, -0.05) is 31.2 Å². The van der Waals surface area contributed by atoms with E-state index in [1.54, 1.807) is 6.07 Å². The van der Waals surface area contributed by atoms with E-state index in [1.807, 2.05) is 53.1 Å². The zero-order valence-electron chi connectivity index (χ0n) is 15.2. The van der Waals surface area contributed by atoms with E-state index in [1.165, 1.54) is 10.9 Å². The second-order valence-electron chi connectivity index (χ2n) is 6.74. The maximum absolute atomic E-state index is 12.9. The Morgan fingerprint density at radius 1 is 1.19 bits per heavy atom. The number of thioether (sulfide) groups is 1. The summed E-state index contributed by atoms with van der Waals surface area (Å²) in [5.41, 5.74) is 1.55. The molecule has 0 spiro atoms. The van der Waals surface area contributed by atoms with Gasteiger partial charge in [-0.3, -0.25) is 14.2 Å². The number of hydrogen-bond donors (Lipinski definition) is 0. The number of nitrogens with zero attached hydrogens (tertiary/aromatic N) is 3. The minimum absolute atomic E-state index is 0.0391. The third kappa shape index (κ3) is 3.62. The third-order valence-electron chi connectivity index (χ3n) is 4.84. The van der Waals surface area contributed by atoms with Crippen molar-refractivity contribution in [3.8, 4) is 0 Å². The molecule has 1 aromatic heterocycles. The fraction of sp³-hybridized carbons (Fsp3) is 0.286. The van der Waals surface area contributed by atoms with Crippen molar-refractivity contribution in [2.75, 3.05) is 11.4 Å². The zero-order chi connectivity index (χ0) is 18.8. The Morgan fingerprint density at radius 2 is 1.96 bits per heavy atom. The summed E-state index contributed by atoms with van der Waals surface area (Å²) < 4.78 is 1.53. The number of benzene rings is 2. The molecule has 0 saturated heterocycles. The second kappa shape index (κ2) is 7.56. The minimum atomic E-state index is -0.103. The first-order valence-corrected chi connectivity index (χ1v) is 10.0. The lowest BCUT2D eigenvalue weighted by atomic mass is 10.2. The Hall–Kier alpha value is -2.60. The number of fused-ring (bicyclic) bond motifs is 2. The number of hydrogen-bond acceptors (Lipinski definition) is 4. The van der Waals surface area contributed by atoms with Crippen molar-refractivity contribution < 1.29 is 4.79 Å². The quantitative estimate of drug-likeness (QED) is 0.696. The van der Waals surface area contributed by atoms with E-state index < -0.39 is 0 Å². The number of aromatic nitrogens is 2. The van der Waals surface area contributed by atoms with Crippen LogP contribution in [0.2, 0.25) is 0 Å². The standard InChI is InChI=1S/C21H21N3O2S/c1-15-10-13-24(18-8-4-5-9-19(18)27-15)20(25)11-12-23-14-22-17-7-3-2-6-16(17)21(23)26/h2-9,14-15H,10-13H2,1H3/t15-/m1/s1. The molecule has 2 aromatic carbocycles.